The molecule has 0 fully saturated rings. The van der Waals surface area contributed by atoms with Crippen LogP contribution in [0.3, 0.4) is 0 Å². The SMILES string of the molecule is O=C(O)c1cccc2c(=O)n(I)ccc12. The Labute approximate surface area is 98.6 Å². The zero-order valence-electron chi connectivity index (χ0n) is 7.48. The van der Waals surface area contributed by atoms with Crippen LogP contribution in [-0.4, -0.2) is 13.9 Å². The minimum atomic E-state index is -1.02. The Kier molecular flexibility index (Phi) is 2.47. The summed E-state index contributed by atoms with van der Waals surface area (Å²) in [5.41, 5.74) is -0.0437. The van der Waals surface area contributed by atoms with E-state index in [1.165, 1.54) is 8.85 Å². The van der Waals surface area contributed by atoms with E-state index in [0.29, 0.717) is 10.8 Å². The molecule has 4 nitrogen and oxygen atoms in total. The predicted molar refractivity (Wildman–Crippen MR) is 64.6 cm³/mol. The second-order valence-electron chi connectivity index (χ2n) is 3.00. The van der Waals surface area contributed by atoms with Crippen molar-refractivity contribution < 1.29 is 9.90 Å². The molecule has 1 heterocycles. The molecule has 76 valence electrons. The van der Waals surface area contributed by atoms with Gasteiger partial charge < -0.3 is 5.11 Å². The smallest absolute Gasteiger partial charge is 0.336 e. The van der Waals surface area contributed by atoms with E-state index in [0.717, 1.165) is 0 Å². The number of carboxylic acids is 1. The van der Waals surface area contributed by atoms with Crippen molar-refractivity contribution in [3.05, 3.63) is 46.4 Å². The number of fused-ring (bicyclic) bond motifs is 1. The maximum Gasteiger partial charge on any atom is 0.336 e. The number of aromatic carboxylic acids is 1. The molecule has 0 bridgehead atoms. The normalized spacial score (nSPS) is 10.5. The fourth-order valence-electron chi connectivity index (χ4n) is 1.44. The van der Waals surface area contributed by atoms with Gasteiger partial charge in [0.25, 0.3) is 5.56 Å². The van der Waals surface area contributed by atoms with Crippen LogP contribution in [0.2, 0.25) is 0 Å². The zero-order chi connectivity index (χ0) is 11.0. The van der Waals surface area contributed by atoms with Crippen molar-refractivity contribution in [3.8, 4) is 0 Å². The van der Waals surface area contributed by atoms with Crippen LogP contribution in [0.4, 0.5) is 0 Å². The number of carbonyl (C=O) groups is 1. The molecule has 5 heteroatoms. The molecule has 0 saturated heterocycles. The molecule has 1 aromatic heterocycles. The molecule has 0 atom stereocenters. The molecule has 0 amide bonds. The maximum absolute atomic E-state index is 11.7. The highest BCUT2D eigenvalue weighted by Crippen LogP contribution is 2.15. The number of pyridine rings is 1. The summed E-state index contributed by atoms with van der Waals surface area (Å²) < 4.78 is 1.39. The third-order valence-electron chi connectivity index (χ3n) is 2.13. The van der Waals surface area contributed by atoms with Gasteiger partial charge in [-0.2, -0.15) is 0 Å². The van der Waals surface area contributed by atoms with Gasteiger partial charge in [0.1, 0.15) is 0 Å². The van der Waals surface area contributed by atoms with Crippen molar-refractivity contribution in [3.63, 3.8) is 0 Å². The van der Waals surface area contributed by atoms with E-state index in [1.54, 1.807) is 24.4 Å². The largest absolute Gasteiger partial charge is 0.478 e. The minimum Gasteiger partial charge on any atom is -0.478 e. The molecule has 2 aromatic rings. The van der Waals surface area contributed by atoms with Crippen molar-refractivity contribution in [2.75, 3.05) is 0 Å². The second-order valence-corrected chi connectivity index (χ2v) is 4.04. The molecule has 15 heavy (non-hydrogen) atoms. The van der Waals surface area contributed by atoms with E-state index in [1.807, 2.05) is 22.9 Å². The quantitative estimate of drug-likeness (QED) is 0.818. The fraction of sp³-hybridized carbons (Fsp3) is 0. The minimum absolute atomic E-state index is 0.154. The van der Waals surface area contributed by atoms with Crippen molar-refractivity contribution in [1.82, 2.24) is 2.78 Å². The molecule has 0 spiro atoms. The lowest BCUT2D eigenvalue weighted by Crippen LogP contribution is -2.12. The van der Waals surface area contributed by atoms with E-state index in [9.17, 15) is 9.59 Å². The lowest BCUT2D eigenvalue weighted by atomic mass is 10.1. The van der Waals surface area contributed by atoms with Gasteiger partial charge in [-0.15, -0.1) is 0 Å². The lowest BCUT2D eigenvalue weighted by molar-refractivity contribution is 0.0699. The maximum atomic E-state index is 11.7. The summed E-state index contributed by atoms with van der Waals surface area (Å²) in [6, 6.07) is 6.32. The van der Waals surface area contributed by atoms with Crippen LogP contribution in [0.1, 0.15) is 10.4 Å². The molecule has 0 aliphatic rings. The topological polar surface area (TPSA) is 59.3 Å². The highest BCUT2D eigenvalue weighted by molar-refractivity contribution is 14.1. The Morgan fingerprint density at radius 2 is 2.00 bits per heavy atom. The first-order valence-corrected chi connectivity index (χ1v) is 5.11. The van der Waals surface area contributed by atoms with Crippen molar-refractivity contribution in [1.29, 1.82) is 0 Å². The summed E-state index contributed by atoms with van der Waals surface area (Å²) in [4.78, 5) is 22.6. The number of nitrogens with zero attached hydrogens (tertiary/aromatic N) is 1. The summed E-state index contributed by atoms with van der Waals surface area (Å²) in [5, 5.41) is 9.83. The Morgan fingerprint density at radius 1 is 1.27 bits per heavy atom. The Balaban J connectivity index is 2.96. The molecule has 0 aliphatic carbocycles. The molecule has 2 rings (SSSR count). The van der Waals surface area contributed by atoms with Gasteiger partial charge in [-0.25, -0.2) is 4.79 Å². The summed E-state index contributed by atoms with van der Waals surface area (Å²) in [6.07, 6.45) is 1.55. The molecular weight excluding hydrogens is 309 g/mol. The number of benzene rings is 1. The van der Waals surface area contributed by atoms with Gasteiger partial charge in [0.2, 0.25) is 0 Å². The van der Waals surface area contributed by atoms with Gasteiger partial charge in [0, 0.05) is 17.0 Å². The van der Waals surface area contributed by atoms with E-state index in [2.05, 4.69) is 0 Å². The van der Waals surface area contributed by atoms with Crippen LogP contribution in [0.15, 0.2) is 35.3 Å². The van der Waals surface area contributed by atoms with Gasteiger partial charge >= 0.3 is 5.97 Å². The summed E-state index contributed by atoms with van der Waals surface area (Å²) in [5.74, 6) is -1.02. The summed E-state index contributed by atoms with van der Waals surface area (Å²) >= 11 is 1.86. The first kappa shape index (κ1) is 10.2. The molecule has 0 radical (unpaired) electrons. The third kappa shape index (κ3) is 1.63. The number of hydrogen-bond donors (Lipinski definition) is 1. The lowest BCUT2D eigenvalue weighted by Gasteiger charge is -2.02. The zero-order valence-corrected chi connectivity index (χ0v) is 9.63. The Hall–Kier alpha value is -1.37. The fourth-order valence-corrected chi connectivity index (χ4v) is 1.86. The molecule has 1 N–H and O–H groups in total. The average Bonchev–Trinajstić information content (AvgIpc) is 2.23. The Bertz CT molecular complexity index is 603. The first-order valence-electron chi connectivity index (χ1n) is 4.15. The van der Waals surface area contributed by atoms with Crippen LogP contribution >= 0.6 is 22.9 Å². The van der Waals surface area contributed by atoms with Crippen molar-refractivity contribution in [2.45, 2.75) is 0 Å². The molecular formula is C10H6INO3. The van der Waals surface area contributed by atoms with E-state index in [4.69, 9.17) is 5.11 Å². The number of aromatic nitrogens is 1. The molecule has 0 aliphatic heterocycles. The van der Waals surface area contributed by atoms with Crippen LogP contribution in [0.5, 0.6) is 0 Å². The molecule has 0 saturated carbocycles. The predicted octanol–water partition coefficient (Wildman–Crippen LogP) is 1.90. The van der Waals surface area contributed by atoms with Crippen molar-refractivity contribution in [2.24, 2.45) is 0 Å². The second kappa shape index (κ2) is 3.65. The number of rotatable bonds is 1. The van der Waals surface area contributed by atoms with E-state index in [-0.39, 0.29) is 11.1 Å². The summed E-state index contributed by atoms with van der Waals surface area (Å²) in [6.45, 7) is 0. The number of hydrogen-bond acceptors (Lipinski definition) is 2. The van der Waals surface area contributed by atoms with Crippen LogP contribution in [0.25, 0.3) is 10.8 Å². The first-order chi connectivity index (χ1) is 7.11. The van der Waals surface area contributed by atoms with Gasteiger partial charge in [0.05, 0.1) is 28.4 Å². The van der Waals surface area contributed by atoms with E-state index < -0.39 is 5.97 Å². The third-order valence-corrected chi connectivity index (χ3v) is 2.89. The monoisotopic (exact) mass is 315 g/mol. The van der Waals surface area contributed by atoms with Gasteiger partial charge in [-0.3, -0.25) is 7.58 Å². The standard InChI is InChI=1S/C10H6INO3/c11-12-5-4-6-7(9(12)13)2-1-3-8(6)10(14)15/h1-5H,(H,14,15). The molecule has 0 unspecified atom stereocenters. The van der Waals surface area contributed by atoms with E-state index >= 15 is 0 Å². The highest BCUT2D eigenvalue weighted by Gasteiger charge is 2.09. The van der Waals surface area contributed by atoms with Gasteiger partial charge in [-0.1, -0.05) is 6.07 Å². The van der Waals surface area contributed by atoms with Crippen LogP contribution in [-0.2, 0) is 0 Å². The summed E-state index contributed by atoms with van der Waals surface area (Å²) in [7, 11) is 0. The number of halogens is 1. The van der Waals surface area contributed by atoms with Crippen LogP contribution in [0, 0.1) is 0 Å². The van der Waals surface area contributed by atoms with Gasteiger partial charge in [-0.05, 0) is 18.2 Å². The average molecular weight is 315 g/mol. The van der Waals surface area contributed by atoms with Gasteiger partial charge in [0.15, 0.2) is 0 Å². The number of carboxylic acid groups (broad SMARTS) is 1. The molecule has 1 aromatic carbocycles. The highest BCUT2D eigenvalue weighted by atomic mass is 127. The Morgan fingerprint density at radius 3 is 2.67 bits per heavy atom. The van der Waals surface area contributed by atoms with Crippen LogP contribution < -0.4 is 5.56 Å². The van der Waals surface area contributed by atoms with Crippen molar-refractivity contribution >= 4 is 39.6 Å².